The third kappa shape index (κ3) is 3.99. The summed E-state index contributed by atoms with van der Waals surface area (Å²) >= 11 is 0. The minimum absolute atomic E-state index is 0.216. The number of carbonyl (C=O) groups excluding carboxylic acids is 3. The lowest BCUT2D eigenvalue weighted by Crippen LogP contribution is -2.51. The van der Waals surface area contributed by atoms with Crippen LogP contribution in [-0.2, 0) is 22.7 Å². The topological polar surface area (TPSA) is 78.2 Å². The molecule has 0 spiro atoms. The van der Waals surface area contributed by atoms with E-state index < -0.39 is 0 Å². The molecule has 8 heteroatoms. The number of hydrazine groups is 1. The molecule has 0 N–H and O–H groups in total. The fourth-order valence-corrected chi connectivity index (χ4v) is 5.61. The fourth-order valence-electron chi connectivity index (χ4n) is 5.61. The Morgan fingerprint density at radius 1 is 0.972 bits per heavy atom. The first-order valence-electron chi connectivity index (χ1n) is 12.8. The van der Waals surface area contributed by atoms with Gasteiger partial charge in [-0.2, -0.15) is 5.01 Å². The molecule has 0 atom stereocenters. The molecule has 0 aliphatic carbocycles. The van der Waals surface area contributed by atoms with Gasteiger partial charge in [0.05, 0.1) is 6.54 Å². The second-order valence-electron chi connectivity index (χ2n) is 11.0. The van der Waals surface area contributed by atoms with Crippen LogP contribution in [0.1, 0.15) is 67.4 Å². The number of likely N-dealkylation sites (tertiary alicyclic amines) is 1. The molecule has 186 valence electrons. The number of aromatic nitrogens is 2. The molecular formula is C28H31N5O3. The largest absolute Gasteiger partial charge is 0.306 e. The van der Waals surface area contributed by atoms with E-state index in [1.54, 1.807) is 6.20 Å². The summed E-state index contributed by atoms with van der Waals surface area (Å²) in [6.45, 7) is 7.97. The number of pyridine rings is 1. The van der Waals surface area contributed by atoms with Gasteiger partial charge in [0.25, 0.3) is 5.91 Å². The molecular weight excluding hydrogens is 454 g/mol. The molecule has 5 heterocycles. The minimum Gasteiger partial charge on any atom is -0.306 e. The Kier molecular flexibility index (Phi) is 5.44. The van der Waals surface area contributed by atoms with Crippen molar-refractivity contribution in [2.45, 2.75) is 59.0 Å². The number of piperidine rings is 2. The van der Waals surface area contributed by atoms with Gasteiger partial charge >= 0.3 is 0 Å². The monoisotopic (exact) mass is 485 g/mol. The number of carbonyl (C=O) groups is 3. The summed E-state index contributed by atoms with van der Waals surface area (Å²) in [6.07, 6.45) is 9.44. The molecule has 0 unspecified atom stereocenters. The second-order valence-corrected chi connectivity index (χ2v) is 11.0. The van der Waals surface area contributed by atoms with Crippen LogP contribution in [0.25, 0.3) is 16.8 Å². The zero-order valence-corrected chi connectivity index (χ0v) is 20.9. The summed E-state index contributed by atoms with van der Waals surface area (Å²) in [4.78, 5) is 45.0. The maximum absolute atomic E-state index is 13.1. The average Bonchev–Trinajstić information content (AvgIpc) is 3.44. The third-order valence-corrected chi connectivity index (χ3v) is 7.86. The van der Waals surface area contributed by atoms with E-state index in [1.165, 1.54) is 23.4 Å². The van der Waals surface area contributed by atoms with Gasteiger partial charge in [-0.15, -0.1) is 0 Å². The van der Waals surface area contributed by atoms with Crippen molar-refractivity contribution in [3.8, 4) is 11.1 Å². The number of imidazole rings is 1. The summed E-state index contributed by atoms with van der Waals surface area (Å²) in [5.41, 5.74) is 5.83. The first kappa shape index (κ1) is 22.9. The van der Waals surface area contributed by atoms with Crippen molar-refractivity contribution in [2.75, 3.05) is 13.1 Å². The Morgan fingerprint density at radius 2 is 1.72 bits per heavy atom. The Labute approximate surface area is 210 Å². The Morgan fingerprint density at radius 3 is 2.47 bits per heavy atom. The zero-order chi connectivity index (χ0) is 25.0. The van der Waals surface area contributed by atoms with Crippen molar-refractivity contribution >= 4 is 23.4 Å². The van der Waals surface area contributed by atoms with Crippen molar-refractivity contribution in [2.24, 2.45) is 5.41 Å². The van der Waals surface area contributed by atoms with Crippen molar-refractivity contribution in [1.29, 1.82) is 0 Å². The first-order chi connectivity index (χ1) is 17.3. The van der Waals surface area contributed by atoms with Gasteiger partial charge in [0, 0.05) is 49.1 Å². The van der Waals surface area contributed by atoms with Crippen molar-refractivity contribution in [3.05, 3.63) is 59.5 Å². The van der Waals surface area contributed by atoms with E-state index in [4.69, 9.17) is 0 Å². The van der Waals surface area contributed by atoms with Crippen LogP contribution >= 0.6 is 0 Å². The maximum atomic E-state index is 13.1. The SMILES string of the molecule is CC1(C)CCN(Cc2cc(-c3ccc4c(c3)CN(N3C(=O)CCCC3=O)C4=O)c3nccn3c2)CC1. The van der Waals surface area contributed by atoms with E-state index in [2.05, 4.69) is 40.4 Å². The quantitative estimate of drug-likeness (QED) is 0.522. The molecule has 36 heavy (non-hydrogen) atoms. The van der Waals surface area contributed by atoms with Gasteiger partial charge in [-0.05, 0) is 72.7 Å². The molecule has 3 aromatic rings. The number of nitrogens with zero attached hydrogens (tertiary/aromatic N) is 5. The third-order valence-electron chi connectivity index (χ3n) is 7.86. The summed E-state index contributed by atoms with van der Waals surface area (Å²) in [6, 6.07) is 7.96. The van der Waals surface area contributed by atoms with E-state index >= 15 is 0 Å². The van der Waals surface area contributed by atoms with Crippen LogP contribution in [0, 0.1) is 5.41 Å². The Hall–Kier alpha value is -3.52. The number of imide groups is 1. The molecule has 3 aliphatic rings. The highest BCUT2D eigenvalue weighted by Gasteiger charge is 2.39. The van der Waals surface area contributed by atoms with Crippen molar-refractivity contribution < 1.29 is 14.4 Å². The first-order valence-corrected chi connectivity index (χ1v) is 12.8. The highest BCUT2D eigenvalue weighted by molar-refractivity contribution is 6.05. The van der Waals surface area contributed by atoms with Gasteiger partial charge in [0.2, 0.25) is 11.8 Å². The summed E-state index contributed by atoms with van der Waals surface area (Å²) in [7, 11) is 0. The number of hydrogen-bond donors (Lipinski definition) is 0. The maximum Gasteiger partial charge on any atom is 0.273 e. The van der Waals surface area contributed by atoms with E-state index in [1.807, 2.05) is 24.4 Å². The Bertz CT molecular complexity index is 1370. The van der Waals surface area contributed by atoms with Crippen LogP contribution in [0.15, 0.2) is 42.9 Å². The number of benzene rings is 1. The molecule has 1 aromatic carbocycles. The number of rotatable bonds is 4. The molecule has 0 bridgehead atoms. The standard InChI is InChI=1S/C28H31N5O3/c1-28(2)8-11-30(12-9-28)16-19-14-23(26-29-10-13-31(26)17-19)20-6-7-22-21(15-20)18-32(27(22)36)33-24(34)4-3-5-25(33)35/h6-7,10,13-15,17H,3-5,8-9,11-12,16,18H2,1-2H3. The van der Waals surface area contributed by atoms with Gasteiger partial charge in [-0.3, -0.25) is 19.3 Å². The zero-order valence-electron chi connectivity index (χ0n) is 20.9. The van der Waals surface area contributed by atoms with Gasteiger partial charge in [0.15, 0.2) is 0 Å². The second kappa shape index (κ2) is 8.55. The van der Waals surface area contributed by atoms with Crippen LogP contribution in [0.4, 0.5) is 0 Å². The van der Waals surface area contributed by atoms with Gasteiger partial charge in [-0.25, -0.2) is 9.99 Å². The number of fused-ring (bicyclic) bond motifs is 2. The minimum atomic E-state index is -0.305. The fraction of sp³-hybridized carbons (Fsp3) is 0.429. The van der Waals surface area contributed by atoms with Crippen LogP contribution in [-0.4, -0.2) is 55.1 Å². The normalized spacial score (nSPS) is 20.4. The molecule has 6 rings (SSSR count). The molecule has 8 nitrogen and oxygen atoms in total. The summed E-state index contributed by atoms with van der Waals surface area (Å²) in [5, 5.41) is 2.36. The van der Waals surface area contributed by atoms with Gasteiger partial charge in [-0.1, -0.05) is 19.9 Å². The van der Waals surface area contributed by atoms with Gasteiger partial charge in [0.1, 0.15) is 5.65 Å². The highest BCUT2D eigenvalue weighted by Crippen LogP contribution is 2.34. The van der Waals surface area contributed by atoms with E-state index in [0.717, 1.165) is 47.0 Å². The van der Waals surface area contributed by atoms with Gasteiger partial charge < -0.3 is 4.40 Å². The average molecular weight is 486 g/mol. The molecule has 2 fully saturated rings. The van der Waals surface area contributed by atoms with E-state index in [0.29, 0.717) is 17.4 Å². The van der Waals surface area contributed by atoms with Crippen LogP contribution in [0.3, 0.4) is 0 Å². The van der Waals surface area contributed by atoms with Crippen LogP contribution in [0.5, 0.6) is 0 Å². The van der Waals surface area contributed by atoms with Crippen molar-refractivity contribution in [3.63, 3.8) is 0 Å². The lowest BCUT2D eigenvalue weighted by atomic mass is 9.82. The lowest BCUT2D eigenvalue weighted by Gasteiger charge is -2.37. The van der Waals surface area contributed by atoms with E-state index in [9.17, 15) is 14.4 Å². The molecule has 0 radical (unpaired) electrons. The summed E-state index contributed by atoms with van der Waals surface area (Å²) in [5.74, 6) is -0.908. The highest BCUT2D eigenvalue weighted by atomic mass is 16.2. The van der Waals surface area contributed by atoms with Crippen LogP contribution in [0.2, 0.25) is 0 Å². The summed E-state index contributed by atoms with van der Waals surface area (Å²) < 4.78 is 2.06. The molecule has 3 aliphatic heterocycles. The molecule has 0 saturated carbocycles. The number of amides is 3. The molecule has 2 aromatic heterocycles. The lowest BCUT2D eigenvalue weighted by molar-refractivity contribution is -0.163. The molecule has 2 saturated heterocycles. The Balaban J connectivity index is 1.30. The number of hydrogen-bond acceptors (Lipinski definition) is 5. The predicted octanol–water partition coefficient (Wildman–Crippen LogP) is 4.03. The molecule has 3 amide bonds. The smallest absolute Gasteiger partial charge is 0.273 e. The van der Waals surface area contributed by atoms with Crippen LogP contribution < -0.4 is 0 Å². The van der Waals surface area contributed by atoms with E-state index in [-0.39, 0.29) is 37.1 Å². The predicted molar refractivity (Wildman–Crippen MR) is 134 cm³/mol. The van der Waals surface area contributed by atoms with Crippen molar-refractivity contribution in [1.82, 2.24) is 24.3 Å².